The number of benzene rings is 1. The molecule has 0 bridgehead atoms. The molecule has 6 heteroatoms. The molecule has 0 spiro atoms. The summed E-state index contributed by atoms with van der Waals surface area (Å²) >= 11 is 0. The average Bonchev–Trinajstić information content (AvgIpc) is 3.30. The second kappa shape index (κ2) is 6.94. The normalized spacial score (nSPS) is 14.6. The van der Waals surface area contributed by atoms with Gasteiger partial charge in [0.2, 0.25) is 5.91 Å². The lowest BCUT2D eigenvalue weighted by atomic mass is 10.2. The molecular weight excluding hydrogens is 282 g/mol. The molecule has 0 radical (unpaired) electrons. The minimum Gasteiger partial charge on any atom is -0.481 e. The first-order chi connectivity index (χ1) is 10.5. The Labute approximate surface area is 129 Å². The summed E-state index contributed by atoms with van der Waals surface area (Å²) in [5.74, 6) is 0.0925. The van der Waals surface area contributed by atoms with Gasteiger partial charge in [0.1, 0.15) is 5.75 Å². The molecule has 1 aliphatic rings. The lowest BCUT2D eigenvalue weighted by molar-refractivity contribution is -0.140. The summed E-state index contributed by atoms with van der Waals surface area (Å²) in [5, 5.41) is 11.6. The smallest absolute Gasteiger partial charge is 0.263 e. The molecule has 2 rings (SSSR count). The maximum Gasteiger partial charge on any atom is 0.263 e. The van der Waals surface area contributed by atoms with Gasteiger partial charge in [0.05, 0.1) is 18.2 Å². The Bertz CT molecular complexity index is 588. The van der Waals surface area contributed by atoms with Crippen molar-refractivity contribution in [3.63, 3.8) is 0 Å². The summed E-state index contributed by atoms with van der Waals surface area (Å²) in [6.45, 7) is 1.66. The molecule has 1 aliphatic carbocycles. The summed E-state index contributed by atoms with van der Waals surface area (Å²) in [6.07, 6.45) is 1.33. The molecule has 0 unspecified atom stereocenters. The first-order valence-corrected chi connectivity index (χ1v) is 7.20. The number of amides is 2. The molecule has 1 aromatic rings. The van der Waals surface area contributed by atoms with Gasteiger partial charge in [-0.25, -0.2) is 0 Å². The summed E-state index contributed by atoms with van der Waals surface area (Å²) in [4.78, 5) is 25.2. The number of nitrogens with zero attached hydrogens (tertiary/aromatic N) is 2. The topological polar surface area (TPSA) is 82.4 Å². The summed E-state index contributed by atoms with van der Waals surface area (Å²) < 4.78 is 5.54. The SMILES string of the molecule is C[C@H](Oc1ccc(C#N)cc1)C(=O)N(C)CC(=O)NC1CC1. The minimum absolute atomic E-state index is 0.0242. The van der Waals surface area contributed by atoms with Crippen LogP contribution in [-0.4, -0.2) is 42.5 Å². The van der Waals surface area contributed by atoms with Crippen molar-refractivity contribution in [3.05, 3.63) is 29.8 Å². The molecule has 0 aromatic heterocycles. The lowest BCUT2D eigenvalue weighted by Gasteiger charge is -2.21. The number of rotatable bonds is 6. The van der Waals surface area contributed by atoms with Crippen LogP contribution < -0.4 is 10.1 Å². The van der Waals surface area contributed by atoms with E-state index < -0.39 is 6.10 Å². The van der Waals surface area contributed by atoms with Gasteiger partial charge in [0.25, 0.3) is 5.91 Å². The Morgan fingerprint density at radius 3 is 2.59 bits per heavy atom. The van der Waals surface area contributed by atoms with Crippen molar-refractivity contribution in [2.75, 3.05) is 13.6 Å². The Morgan fingerprint density at radius 1 is 1.41 bits per heavy atom. The number of nitriles is 1. The standard InChI is InChI=1S/C16H19N3O3/c1-11(22-14-7-3-12(9-17)4-8-14)16(21)19(2)10-15(20)18-13-5-6-13/h3-4,7-8,11,13H,5-6,10H2,1-2H3,(H,18,20)/t11-/m0/s1. The summed E-state index contributed by atoms with van der Waals surface area (Å²) in [7, 11) is 1.58. The highest BCUT2D eigenvalue weighted by Gasteiger charge is 2.26. The third-order valence-electron chi connectivity index (χ3n) is 3.34. The van der Waals surface area contributed by atoms with Crippen LogP contribution in [0.2, 0.25) is 0 Å². The number of hydrogen-bond donors (Lipinski definition) is 1. The van der Waals surface area contributed by atoms with Crippen molar-refractivity contribution in [2.45, 2.75) is 31.9 Å². The molecule has 0 heterocycles. The van der Waals surface area contributed by atoms with E-state index in [0.29, 0.717) is 11.3 Å². The monoisotopic (exact) mass is 301 g/mol. The van der Waals surface area contributed by atoms with E-state index in [4.69, 9.17) is 10.00 Å². The summed E-state index contributed by atoms with van der Waals surface area (Å²) in [6, 6.07) is 8.83. The van der Waals surface area contributed by atoms with Gasteiger partial charge in [-0.05, 0) is 44.0 Å². The lowest BCUT2D eigenvalue weighted by Crippen LogP contribution is -2.44. The number of carbonyl (C=O) groups is 2. The van der Waals surface area contributed by atoms with Gasteiger partial charge in [-0.3, -0.25) is 9.59 Å². The van der Waals surface area contributed by atoms with Crippen molar-refractivity contribution < 1.29 is 14.3 Å². The predicted molar refractivity (Wildman–Crippen MR) is 80.0 cm³/mol. The van der Waals surface area contributed by atoms with Crippen molar-refractivity contribution in [2.24, 2.45) is 0 Å². The first kappa shape index (κ1) is 15.8. The van der Waals surface area contributed by atoms with Crippen molar-refractivity contribution >= 4 is 11.8 Å². The number of carbonyl (C=O) groups excluding carboxylic acids is 2. The van der Waals surface area contributed by atoms with E-state index in [1.807, 2.05) is 6.07 Å². The Hall–Kier alpha value is -2.55. The number of nitrogens with one attached hydrogen (secondary N) is 1. The van der Waals surface area contributed by atoms with E-state index in [9.17, 15) is 9.59 Å². The molecule has 116 valence electrons. The molecule has 0 saturated heterocycles. The van der Waals surface area contributed by atoms with E-state index in [2.05, 4.69) is 5.32 Å². The fraction of sp³-hybridized carbons (Fsp3) is 0.438. The van der Waals surface area contributed by atoms with Gasteiger partial charge < -0.3 is 15.0 Å². The van der Waals surface area contributed by atoms with Gasteiger partial charge >= 0.3 is 0 Å². The van der Waals surface area contributed by atoms with Gasteiger partial charge in [0.15, 0.2) is 6.10 Å². The van der Waals surface area contributed by atoms with Crippen LogP contribution in [0.5, 0.6) is 5.75 Å². The third kappa shape index (κ3) is 4.48. The quantitative estimate of drug-likeness (QED) is 0.852. The zero-order valence-corrected chi connectivity index (χ0v) is 12.7. The number of likely N-dealkylation sites (N-methyl/N-ethyl adjacent to an activating group) is 1. The van der Waals surface area contributed by atoms with Crippen LogP contribution in [-0.2, 0) is 9.59 Å². The van der Waals surface area contributed by atoms with Crippen LogP contribution in [0.25, 0.3) is 0 Å². The van der Waals surface area contributed by atoms with Crippen LogP contribution in [0.3, 0.4) is 0 Å². The Balaban J connectivity index is 1.84. The second-order valence-corrected chi connectivity index (χ2v) is 5.43. The van der Waals surface area contributed by atoms with Crippen LogP contribution in [0.4, 0.5) is 0 Å². The highest BCUT2D eigenvalue weighted by atomic mass is 16.5. The van der Waals surface area contributed by atoms with Gasteiger partial charge in [-0.2, -0.15) is 5.26 Å². The van der Waals surface area contributed by atoms with Gasteiger partial charge in [-0.15, -0.1) is 0 Å². The zero-order valence-electron chi connectivity index (χ0n) is 12.7. The Kier molecular flexibility index (Phi) is 4.99. The highest BCUT2D eigenvalue weighted by Crippen LogP contribution is 2.18. The second-order valence-electron chi connectivity index (χ2n) is 5.43. The molecule has 1 atom stereocenters. The van der Waals surface area contributed by atoms with Crippen molar-refractivity contribution in [1.82, 2.24) is 10.2 Å². The Morgan fingerprint density at radius 2 is 2.05 bits per heavy atom. The van der Waals surface area contributed by atoms with Crippen LogP contribution in [0.15, 0.2) is 24.3 Å². The highest BCUT2D eigenvalue weighted by molar-refractivity contribution is 5.87. The van der Waals surface area contributed by atoms with Crippen LogP contribution >= 0.6 is 0 Å². The minimum atomic E-state index is -0.702. The van der Waals surface area contributed by atoms with Gasteiger partial charge in [0, 0.05) is 13.1 Å². The average molecular weight is 301 g/mol. The molecular formula is C16H19N3O3. The molecule has 0 aliphatic heterocycles. The molecule has 1 N–H and O–H groups in total. The summed E-state index contributed by atoms with van der Waals surface area (Å²) in [5.41, 5.74) is 0.528. The predicted octanol–water partition coefficient (Wildman–Crippen LogP) is 1.06. The molecule has 6 nitrogen and oxygen atoms in total. The third-order valence-corrected chi connectivity index (χ3v) is 3.34. The van der Waals surface area contributed by atoms with E-state index >= 15 is 0 Å². The first-order valence-electron chi connectivity index (χ1n) is 7.20. The fourth-order valence-electron chi connectivity index (χ4n) is 1.97. The largest absolute Gasteiger partial charge is 0.481 e. The maximum atomic E-state index is 12.2. The van der Waals surface area contributed by atoms with E-state index in [0.717, 1.165) is 12.8 Å². The maximum absolute atomic E-state index is 12.2. The van der Waals surface area contributed by atoms with Crippen molar-refractivity contribution in [3.8, 4) is 11.8 Å². The fourth-order valence-corrected chi connectivity index (χ4v) is 1.97. The molecule has 1 fully saturated rings. The number of ether oxygens (including phenoxy) is 1. The number of hydrogen-bond acceptors (Lipinski definition) is 4. The van der Waals surface area contributed by atoms with Crippen molar-refractivity contribution in [1.29, 1.82) is 5.26 Å². The van der Waals surface area contributed by atoms with E-state index in [1.54, 1.807) is 38.2 Å². The van der Waals surface area contributed by atoms with E-state index in [-0.39, 0.29) is 24.4 Å². The molecule has 1 aromatic carbocycles. The molecule has 1 saturated carbocycles. The molecule has 2 amide bonds. The van der Waals surface area contributed by atoms with Gasteiger partial charge in [-0.1, -0.05) is 0 Å². The van der Waals surface area contributed by atoms with E-state index in [1.165, 1.54) is 4.90 Å². The van der Waals surface area contributed by atoms with Crippen LogP contribution in [0, 0.1) is 11.3 Å². The zero-order chi connectivity index (χ0) is 16.1. The van der Waals surface area contributed by atoms with Crippen LogP contribution in [0.1, 0.15) is 25.3 Å². The molecule has 22 heavy (non-hydrogen) atoms.